The second-order valence-electron chi connectivity index (χ2n) is 4.69. The van der Waals surface area contributed by atoms with Crippen LogP contribution in [0.3, 0.4) is 0 Å². The summed E-state index contributed by atoms with van der Waals surface area (Å²) in [5.41, 5.74) is 1.06. The van der Waals surface area contributed by atoms with Gasteiger partial charge >= 0.3 is 0 Å². The third-order valence-electron chi connectivity index (χ3n) is 3.42. The van der Waals surface area contributed by atoms with Crippen LogP contribution in [-0.2, 0) is 20.2 Å². The molecular weight excluding hydrogens is 288 g/mol. The molecule has 1 aliphatic rings. The zero-order valence-corrected chi connectivity index (χ0v) is 12.3. The number of methoxy groups -OCH3 is 1. The lowest BCUT2D eigenvalue weighted by atomic mass is 9.93. The first-order valence-corrected chi connectivity index (χ1v) is 8.52. The Morgan fingerprint density at radius 3 is 2.63 bits per heavy atom. The molecule has 4 nitrogen and oxygen atoms in total. The van der Waals surface area contributed by atoms with Gasteiger partial charge in [0, 0.05) is 23.2 Å². The van der Waals surface area contributed by atoms with Crippen molar-refractivity contribution in [3.05, 3.63) is 29.8 Å². The molecule has 0 aromatic heterocycles. The van der Waals surface area contributed by atoms with E-state index < -0.39 is 14.3 Å². The van der Waals surface area contributed by atoms with Gasteiger partial charge in [-0.05, 0) is 30.5 Å². The average Bonchev–Trinajstić information content (AvgIpc) is 2.39. The number of rotatable bonds is 4. The Labute approximate surface area is 118 Å². The van der Waals surface area contributed by atoms with E-state index in [9.17, 15) is 8.42 Å². The third kappa shape index (κ3) is 3.84. The summed E-state index contributed by atoms with van der Waals surface area (Å²) in [6.07, 6.45) is 1.10. The van der Waals surface area contributed by atoms with Crippen LogP contribution in [0.15, 0.2) is 24.3 Å². The molecule has 1 aromatic carbocycles. The van der Waals surface area contributed by atoms with E-state index >= 15 is 0 Å². The maximum Gasteiger partial charge on any atom is 0.235 e. The third-order valence-corrected chi connectivity index (χ3v) is 5.45. The quantitative estimate of drug-likeness (QED) is 0.800. The number of halogens is 1. The van der Waals surface area contributed by atoms with E-state index in [1.807, 2.05) is 24.3 Å². The Hall–Kier alpha value is -0.780. The second-order valence-corrected chi connectivity index (χ2v) is 7.54. The van der Waals surface area contributed by atoms with Crippen LogP contribution >= 0.6 is 10.7 Å². The maximum absolute atomic E-state index is 11.6. The van der Waals surface area contributed by atoms with E-state index in [0.29, 0.717) is 26.1 Å². The zero-order valence-electron chi connectivity index (χ0n) is 10.7. The Bertz CT molecular complexity index is 512. The standard InChI is InChI=1S/C13H17ClO4S/c1-17-12-4-2-10(3-5-12)8-11-9-18-7-6-13(11)19(14,15)16/h2-5,11,13H,6-9H2,1H3/t11-,13-/m1/s1. The first-order valence-electron chi connectivity index (χ1n) is 6.15. The highest BCUT2D eigenvalue weighted by atomic mass is 35.7. The van der Waals surface area contributed by atoms with E-state index in [-0.39, 0.29) is 5.92 Å². The van der Waals surface area contributed by atoms with Gasteiger partial charge in [-0.25, -0.2) is 8.42 Å². The smallest absolute Gasteiger partial charge is 0.235 e. The van der Waals surface area contributed by atoms with Gasteiger partial charge in [0.25, 0.3) is 0 Å². The molecule has 6 heteroatoms. The predicted molar refractivity (Wildman–Crippen MR) is 74.2 cm³/mol. The molecule has 2 rings (SSSR count). The van der Waals surface area contributed by atoms with E-state index in [1.165, 1.54) is 0 Å². The van der Waals surface area contributed by atoms with Gasteiger partial charge in [0.1, 0.15) is 5.75 Å². The molecule has 0 bridgehead atoms. The minimum absolute atomic E-state index is 0.0929. The molecule has 19 heavy (non-hydrogen) atoms. The lowest BCUT2D eigenvalue weighted by Gasteiger charge is -2.29. The van der Waals surface area contributed by atoms with Crippen molar-refractivity contribution in [2.24, 2.45) is 5.92 Å². The van der Waals surface area contributed by atoms with Crippen LogP contribution in [0.2, 0.25) is 0 Å². The highest BCUT2D eigenvalue weighted by Gasteiger charge is 2.34. The topological polar surface area (TPSA) is 52.6 Å². The van der Waals surface area contributed by atoms with Gasteiger partial charge in [-0.1, -0.05) is 12.1 Å². The van der Waals surface area contributed by atoms with Crippen molar-refractivity contribution in [3.8, 4) is 5.75 Å². The molecular formula is C13H17ClO4S. The fraction of sp³-hybridized carbons (Fsp3) is 0.538. The summed E-state index contributed by atoms with van der Waals surface area (Å²) >= 11 is 0. The van der Waals surface area contributed by atoms with Gasteiger partial charge in [0.05, 0.1) is 19.0 Å². The van der Waals surface area contributed by atoms with Gasteiger partial charge in [0.2, 0.25) is 9.05 Å². The molecule has 1 heterocycles. The second kappa shape index (κ2) is 6.11. The summed E-state index contributed by atoms with van der Waals surface area (Å²) in [5.74, 6) is 0.690. The number of hydrogen-bond acceptors (Lipinski definition) is 4. The molecule has 0 saturated carbocycles. The fourth-order valence-electron chi connectivity index (χ4n) is 2.40. The van der Waals surface area contributed by atoms with Crippen LogP contribution in [0.4, 0.5) is 0 Å². The van der Waals surface area contributed by atoms with Crippen LogP contribution in [0, 0.1) is 5.92 Å². The minimum atomic E-state index is -3.54. The van der Waals surface area contributed by atoms with Crippen LogP contribution in [0.5, 0.6) is 5.75 Å². The van der Waals surface area contributed by atoms with Crippen molar-refractivity contribution in [3.63, 3.8) is 0 Å². The molecule has 2 atom stereocenters. The molecule has 0 N–H and O–H groups in total. The predicted octanol–water partition coefficient (Wildman–Crippen LogP) is 2.21. The molecule has 1 aromatic rings. The summed E-state index contributed by atoms with van der Waals surface area (Å²) < 4.78 is 33.6. The zero-order chi connectivity index (χ0) is 13.9. The van der Waals surface area contributed by atoms with Crippen molar-refractivity contribution in [2.45, 2.75) is 18.1 Å². The summed E-state index contributed by atoms with van der Waals surface area (Å²) in [7, 11) is 3.59. The normalized spacial score (nSPS) is 24.1. The molecule has 0 spiro atoms. The number of ether oxygens (including phenoxy) is 2. The molecule has 0 amide bonds. The summed E-state index contributed by atoms with van der Waals surface area (Å²) in [6.45, 7) is 0.887. The van der Waals surface area contributed by atoms with Crippen LogP contribution in [0.1, 0.15) is 12.0 Å². The van der Waals surface area contributed by atoms with Gasteiger partial charge in [0.15, 0.2) is 0 Å². The van der Waals surface area contributed by atoms with Crippen molar-refractivity contribution >= 4 is 19.7 Å². The molecule has 0 unspecified atom stereocenters. The van der Waals surface area contributed by atoms with Gasteiger partial charge in [-0.3, -0.25) is 0 Å². The van der Waals surface area contributed by atoms with Gasteiger partial charge in [-0.15, -0.1) is 0 Å². The molecule has 0 radical (unpaired) electrons. The lowest BCUT2D eigenvalue weighted by Crippen LogP contribution is -2.37. The molecule has 1 fully saturated rings. The van der Waals surface area contributed by atoms with Crippen LogP contribution < -0.4 is 4.74 Å². The highest BCUT2D eigenvalue weighted by molar-refractivity contribution is 8.14. The fourth-order valence-corrected chi connectivity index (χ4v) is 4.12. The number of benzene rings is 1. The van der Waals surface area contributed by atoms with Crippen molar-refractivity contribution in [2.75, 3.05) is 20.3 Å². The van der Waals surface area contributed by atoms with E-state index in [4.69, 9.17) is 20.2 Å². The first kappa shape index (κ1) is 14.6. The summed E-state index contributed by atoms with van der Waals surface area (Å²) in [6, 6.07) is 7.60. The SMILES string of the molecule is COc1ccc(C[C@@H]2COCC[C@H]2S(=O)(=O)Cl)cc1. The molecule has 0 aliphatic carbocycles. The average molecular weight is 305 g/mol. The van der Waals surface area contributed by atoms with E-state index in [2.05, 4.69) is 0 Å². The summed E-state index contributed by atoms with van der Waals surface area (Å²) in [4.78, 5) is 0. The lowest BCUT2D eigenvalue weighted by molar-refractivity contribution is 0.0577. The highest BCUT2D eigenvalue weighted by Crippen LogP contribution is 2.28. The maximum atomic E-state index is 11.6. The largest absolute Gasteiger partial charge is 0.497 e. The Kier molecular flexibility index (Phi) is 4.71. The molecule has 1 saturated heterocycles. The van der Waals surface area contributed by atoms with E-state index in [1.54, 1.807) is 7.11 Å². The number of hydrogen-bond donors (Lipinski definition) is 0. The molecule has 1 aliphatic heterocycles. The molecule has 106 valence electrons. The van der Waals surface area contributed by atoms with Crippen molar-refractivity contribution in [1.29, 1.82) is 0 Å². The van der Waals surface area contributed by atoms with Crippen LogP contribution in [0.25, 0.3) is 0 Å². The van der Waals surface area contributed by atoms with E-state index in [0.717, 1.165) is 11.3 Å². The van der Waals surface area contributed by atoms with Gasteiger partial charge in [-0.2, -0.15) is 0 Å². The monoisotopic (exact) mass is 304 g/mol. The minimum Gasteiger partial charge on any atom is -0.497 e. The Morgan fingerprint density at radius 1 is 1.37 bits per heavy atom. The van der Waals surface area contributed by atoms with Crippen molar-refractivity contribution in [1.82, 2.24) is 0 Å². The van der Waals surface area contributed by atoms with Crippen LogP contribution in [-0.4, -0.2) is 34.0 Å². The first-order chi connectivity index (χ1) is 9.00. The van der Waals surface area contributed by atoms with Gasteiger partial charge < -0.3 is 9.47 Å². The van der Waals surface area contributed by atoms with Crippen molar-refractivity contribution < 1.29 is 17.9 Å². The Balaban J connectivity index is 2.10. The Morgan fingerprint density at radius 2 is 2.05 bits per heavy atom. The summed E-state index contributed by atoms with van der Waals surface area (Å²) in [5, 5.41) is -0.523.